The molecule has 1 fully saturated rings. The molecule has 0 radical (unpaired) electrons. The SMILES string of the molecule is COc1ccc(-c2noc([C@H]3CCCN3C(=O)c3ccc(F)cc3)n2)cc1OC. The van der Waals surface area contributed by atoms with Gasteiger partial charge in [-0.25, -0.2) is 4.39 Å². The summed E-state index contributed by atoms with van der Waals surface area (Å²) in [6.45, 7) is 0.578. The van der Waals surface area contributed by atoms with E-state index in [2.05, 4.69) is 10.1 Å². The molecule has 1 aliphatic rings. The van der Waals surface area contributed by atoms with Gasteiger partial charge in [-0.05, 0) is 55.3 Å². The number of carbonyl (C=O) groups is 1. The minimum absolute atomic E-state index is 0.182. The molecule has 1 aliphatic heterocycles. The van der Waals surface area contributed by atoms with Gasteiger partial charge in [-0.1, -0.05) is 5.16 Å². The van der Waals surface area contributed by atoms with Gasteiger partial charge in [0, 0.05) is 17.7 Å². The molecule has 3 aromatic rings. The molecule has 1 amide bonds. The van der Waals surface area contributed by atoms with E-state index in [9.17, 15) is 9.18 Å². The molecule has 2 aromatic carbocycles. The number of rotatable bonds is 5. The quantitative estimate of drug-likeness (QED) is 0.650. The van der Waals surface area contributed by atoms with Crippen LogP contribution in [0.15, 0.2) is 47.0 Å². The maximum Gasteiger partial charge on any atom is 0.254 e. The van der Waals surface area contributed by atoms with Gasteiger partial charge in [-0.2, -0.15) is 4.98 Å². The van der Waals surface area contributed by atoms with Crippen LogP contribution >= 0.6 is 0 Å². The van der Waals surface area contributed by atoms with Crippen LogP contribution in [0, 0.1) is 5.82 Å². The molecule has 0 unspecified atom stereocenters. The smallest absolute Gasteiger partial charge is 0.254 e. The fourth-order valence-electron chi connectivity index (χ4n) is 3.49. The lowest BCUT2D eigenvalue weighted by atomic mass is 10.1. The van der Waals surface area contributed by atoms with Crippen molar-refractivity contribution in [3.05, 3.63) is 59.7 Å². The van der Waals surface area contributed by atoms with Crippen LogP contribution < -0.4 is 9.47 Å². The number of nitrogens with zero attached hydrogens (tertiary/aromatic N) is 3. The van der Waals surface area contributed by atoms with Crippen molar-refractivity contribution < 1.29 is 23.2 Å². The number of carbonyl (C=O) groups excluding carboxylic acids is 1. The van der Waals surface area contributed by atoms with Crippen LogP contribution in [0.1, 0.15) is 35.1 Å². The Labute approximate surface area is 167 Å². The Bertz CT molecular complexity index is 1020. The monoisotopic (exact) mass is 397 g/mol. The molecule has 1 saturated heterocycles. The number of hydrogen-bond donors (Lipinski definition) is 0. The molecule has 1 aromatic heterocycles. The van der Waals surface area contributed by atoms with Crippen molar-refractivity contribution in [2.45, 2.75) is 18.9 Å². The molecule has 0 saturated carbocycles. The predicted octanol–water partition coefficient (Wildman–Crippen LogP) is 3.87. The summed E-state index contributed by atoms with van der Waals surface area (Å²) in [4.78, 5) is 19.1. The van der Waals surface area contributed by atoms with Gasteiger partial charge in [0.05, 0.1) is 14.2 Å². The number of halogens is 1. The summed E-state index contributed by atoms with van der Waals surface area (Å²) in [5.74, 6) is 1.39. The average molecular weight is 397 g/mol. The van der Waals surface area contributed by atoms with Gasteiger partial charge in [-0.15, -0.1) is 0 Å². The number of ether oxygens (including phenoxy) is 2. The standard InChI is InChI=1S/C21H20FN3O4/c1-27-17-10-7-14(12-18(17)28-2)19-23-20(29-24-19)16-4-3-11-25(16)21(26)13-5-8-15(22)9-6-13/h5-10,12,16H,3-4,11H2,1-2H3/t16-/m1/s1. The Kier molecular flexibility index (Phi) is 5.16. The molecular weight excluding hydrogens is 377 g/mol. The largest absolute Gasteiger partial charge is 0.493 e. The third kappa shape index (κ3) is 3.65. The third-order valence-electron chi connectivity index (χ3n) is 4.97. The number of aromatic nitrogens is 2. The zero-order chi connectivity index (χ0) is 20.4. The highest BCUT2D eigenvalue weighted by Crippen LogP contribution is 2.35. The predicted molar refractivity (Wildman–Crippen MR) is 102 cm³/mol. The summed E-state index contributed by atoms with van der Waals surface area (Å²) in [7, 11) is 3.12. The maximum atomic E-state index is 13.2. The minimum Gasteiger partial charge on any atom is -0.493 e. The highest BCUT2D eigenvalue weighted by atomic mass is 19.1. The molecular formula is C21H20FN3O4. The Morgan fingerprint density at radius 2 is 1.90 bits per heavy atom. The number of amides is 1. The zero-order valence-electron chi connectivity index (χ0n) is 16.1. The molecule has 0 bridgehead atoms. The van der Waals surface area contributed by atoms with Crippen LogP contribution in [0.4, 0.5) is 4.39 Å². The lowest BCUT2D eigenvalue weighted by Crippen LogP contribution is -2.30. The summed E-state index contributed by atoms with van der Waals surface area (Å²) in [5, 5.41) is 4.07. The molecule has 0 N–H and O–H groups in total. The lowest BCUT2D eigenvalue weighted by Gasteiger charge is -2.21. The van der Waals surface area contributed by atoms with Crippen LogP contribution in [0.25, 0.3) is 11.4 Å². The molecule has 4 rings (SSSR count). The minimum atomic E-state index is -0.379. The van der Waals surface area contributed by atoms with Crippen LogP contribution in [-0.4, -0.2) is 41.7 Å². The molecule has 29 heavy (non-hydrogen) atoms. The Morgan fingerprint density at radius 1 is 1.14 bits per heavy atom. The van der Waals surface area contributed by atoms with Crippen molar-refractivity contribution in [3.8, 4) is 22.9 Å². The van der Waals surface area contributed by atoms with Crippen LogP contribution in [-0.2, 0) is 0 Å². The van der Waals surface area contributed by atoms with Gasteiger partial charge in [0.1, 0.15) is 11.9 Å². The van der Waals surface area contributed by atoms with E-state index in [0.717, 1.165) is 12.8 Å². The summed E-state index contributed by atoms with van der Waals surface area (Å²) >= 11 is 0. The van der Waals surface area contributed by atoms with Gasteiger partial charge in [0.15, 0.2) is 11.5 Å². The topological polar surface area (TPSA) is 77.7 Å². The third-order valence-corrected chi connectivity index (χ3v) is 4.97. The van der Waals surface area contributed by atoms with E-state index in [4.69, 9.17) is 14.0 Å². The first-order valence-corrected chi connectivity index (χ1v) is 9.23. The number of methoxy groups -OCH3 is 2. The first kappa shape index (κ1) is 18.9. The maximum absolute atomic E-state index is 13.2. The Morgan fingerprint density at radius 3 is 2.62 bits per heavy atom. The molecule has 2 heterocycles. The van der Waals surface area contributed by atoms with Crippen molar-refractivity contribution in [2.24, 2.45) is 0 Å². The first-order chi connectivity index (χ1) is 14.1. The van der Waals surface area contributed by atoms with Gasteiger partial charge < -0.3 is 18.9 Å². The summed E-state index contributed by atoms with van der Waals surface area (Å²) in [6.07, 6.45) is 1.55. The second-order valence-electron chi connectivity index (χ2n) is 6.69. The summed E-state index contributed by atoms with van der Waals surface area (Å²) in [6, 6.07) is 10.6. The van der Waals surface area contributed by atoms with Crippen molar-refractivity contribution in [1.82, 2.24) is 15.0 Å². The van der Waals surface area contributed by atoms with Crippen molar-refractivity contribution in [2.75, 3.05) is 20.8 Å². The van der Waals surface area contributed by atoms with Crippen molar-refractivity contribution >= 4 is 5.91 Å². The van der Waals surface area contributed by atoms with E-state index < -0.39 is 0 Å². The van der Waals surface area contributed by atoms with E-state index in [-0.39, 0.29) is 17.8 Å². The highest BCUT2D eigenvalue weighted by Gasteiger charge is 2.34. The van der Waals surface area contributed by atoms with E-state index >= 15 is 0 Å². The van der Waals surface area contributed by atoms with E-state index in [1.54, 1.807) is 31.3 Å². The summed E-state index contributed by atoms with van der Waals surface area (Å²) in [5.41, 5.74) is 1.14. The van der Waals surface area contributed by atoms with Crippen LogP contribution in [0.2, 0.25) is 0 Å². The molecule has 8 heteroatoms. The van der Waals surface area contributed by atoms with E-state index in [1.807, 2.05) is 6.07 Å². The van der Waals surface area contributed by atoms with Gasteiger partial charge in [0.2, 0.25) is 11.7 Å². The first-order valence-electron chi connectivity index (χ1n) is 9.23. The molecule has 0 aliphatic carbocycles. The normalized spacial score (nSPS) is 16.1. The van der Waals surface area contributed by atoms with Crippen LogP contribution in [0.3, 0.4) is 0 Å². The number of hydrogen-bond acceptors (Lipinski definition) is 6. The summed E-state index contributed by atoms with van der Waals surface area (Å²) < 4.78 is 29.2. The molecule has 150 valence electrons. The molecule has 7 nitrogen and oxygen atoms in total. The molecule has 0 spiro atoms. The Hall–Kier alpha value is -3.42. The van der Waals surface area contributed by atoms with E-state index in [1.165, 1.54) is 24.3 Å². The van der Waals surface area contributed by atoms with Crippen molar-refractivity contribution in [1.29, 1.82) is 0 Å². The van der Waals surface area contributed by atoms with Gasteiger partial charge >= 0.3 is 0 Å². The fourth-order valence-corrected chi connectivity index (χ4v) is 3.49. The van der Waals surface area contributed by atoms with Gasteiger partial charge in [-0.3, -0.25) is 4.79 Å². The average Bonchev–Trinajstić information content (AvgIpc) is 3.42. The second kappa shape index (κ2) is 7.90. The van der Waals surface area contributed by atoms with Crippen molar-refractivity contribution in [3.63, 3.8) is 0 Å². The zero-order valence-corrected chi connectivity index (χ0v) is 16.1. The number of benzene rings is 2. The second-order valence-corrected chi connectivity index (χ2v) is 6.69. The number of likely N-dealkylation sites (tertiary alicyclic amines) is 1. The molecule has 1 atom stereocenters. The van der Waals surface area contributed by atoms with E-state index in [0.29, 0.717) is 40.9 Å². The van der Waals surface area contributed by atoms with Gasteiger partial charge in [0.25, 0.3) is 5.91 Å². The van der Waals surface area contributed by atoms with Crippen LogP contribution in [0.5, 0.6) is 11.5 Å². The highest BCUT2D eigenvalue weighted by molar-refractivity contribution is 5.94. The fraction of sp³-hybridized carbons (Fsp3) is 0.286. The Balaban J connectivity index is 1.58. The lowest BCUT2D eigenvalue weighted by molar-refractivity contribution is 0.0710.